The number of hydrogen-bond acceptors (Lipinski definition) is 0. The first-order valence-electron chi connectivity index (χ1n) is 5.66. The molecule has 0 aliphatic carbocycles. The summed E-state index contributed by atoms with van der Waals surface area (Å²) in [4.78, 5) is 0. The van der Waals surface area contributed by atoms with Crippen molar-refractivity contribution in [2.45, 2.75) is 45.4 Å². The smallest absolute Gasteiger partial charge is 0.0169 e. The van der Waals surface area contributed by atoms with Crippen LogP contribution in [0.3, 0.4) is 0 Å². The first kappa shape index (κ1) is 13.2. The highest BCUT2D eigenvalue weighted by Gasteiger charge is 1.76. The highest BCUT2D eigenvalue weighted by atomic mass is 13.8. The molecule has 14 heavy (non-hydrogen) atoms. The van der Waals surface area contributed by atoms with Gasteiger partial charge in [-0.25, -0.2) is 0 Å². The van der Waals surface area contributed by atoms with Crippen molar-refractivity contribution in [3.05, 3.63) is 43.4 Å². The number of hydrogen-bond donors (Lipinski definition) is 0. The highest BCUT2D eigenvalue weighted by Crippen LogP contribution is 1.97. The summed E-state index contributed by atoms with van der Waals surface area (Å²) in [5.41, 5.74) is 0. The first-order valence-corrected chi connectivity index (χ1v) is 5.66. The maximum atomic E-state index is 3.78. The molecule has 0 aromatic heterocycles. The normalized spacial score (nSPS) is 12.4. The number of allylic oxidation sites excluding steroid dienone is 6. The minimum Gasteiger partial charge on any atom is -0.0888 e. The van der Waals surface area contributed by atoms with Gasteiger partial charge in [-0.05, 0) is 38.5 Å². The first-order chi connectivity index (χ1) is 6.91. The summed E-state index contributed by atoms with van der Waals surface area (Å²) >= 11 is 0. The average Bonchev–Trinajstić information content (AvgIpc) is 2.21. The van der Waals surface area contributed by atoms with Gasteiger partial charge in [-0.2, -0.15) is 0 Å². The fourth-order valence-electron chi connectivity index (χ4n) is 1.10. The van der Waals surface area contributed by atoms with E-state index in [1.165, 1.54) is 12.8 Å². The average molecular weight is 191 g/mol. The second-order valence-corrected chi connectivity index (χ2v) is 3.28. The molecule has 0 heterocycles. The molecule has 0 unspecified atom stereocenters. The van der Waals surface area contributed by atoms with Crippen molar-refractivity contribution in [3.63, 3.8) is 0 Å². The van der Waals surface area contributed by atoms with Crippen molar-refractivity contribution >= 4 is 0 Å². The minimum absolute atomic E-state index is 1.00. The Labute approximate surface area is 89.4 Å². The van der Waals surface area contributed by atoms with Crippen molar-refractivity contribution in [2.75, 3.05) is 0 Å². The Balaban J connectivity index is 3.23. The quantitative estimate of drug-likeness (QED) is 0.380. The fourth-order valence-corrected chi connectivity index (χ4v) is 1.10. The van der Waals surface area contributed by atoms with E-state index in [-0.39, 0.29) is 0 Å². The van der Waals surface area contributed by atoms with Crippen LogP contribution in [0.2, 0.25) is 0 Å². The maximum absolute atomic E-state index is 3.78. The molecule has 0 aromatic rings. The van der Waals surface area contributed by atoms with E-state index in [1.807, 2.05) is 0 Å². The van der Waals surface area contributed by atoms with E-state index in [0.717, 1.165) is 25.7 Å². The van der Waals surface area contributed by atoms with Gasteiger partial charge < -0.3 is 0 Å². The van der Waals surface area contributed by atoms with E-state index in [1.54, 1.807) is 0 Å². The molecule has 0 bridgehead atoms. The van der Waals surface area contributed by atoms with Crippen molar-refractivity contribution in [2.24, 2.45) is 0 Å². The largest absolute Gasteiger partial charge is 0.0888 e. The molecule has 0 fully saturated rings. The number of rotatable bonds is 8. The lowest BCUT2D eigenvalue weighted by molar-refractivity contribution is 1.03. The minimum atomic E-state index is 1.00. The fraction of sp³-hybridized carbons (Fsp3) is 0.500. The summed E-state index contributed by atoms with van der Waals surface area (Å²) in [6.45, 7) is 5.95. The summed E-state index contributed by atoms with van der Waals surface area (Å²) in [6, 6.07) is 0. The van der Waals surface area contributed by atoms with Crippen LogP contribution in [0.4, 0.5) is 0 Å². The standard InChI is InChI=1S/C14H23/c1-3-5-7-9-11-13-14-12-10-8-6-4-2/h6-9,13-14H,1,3-5,10-12H2,2H3. The van der Waals surface area contributed by atoms with Crippen LogP contribution in [-0.4, -0.2) is 0 Å². The van der Waals surface area contributed by atoms with Crippen LogP contribution in [0.1, 0.15) is 45.4 Å². The lowest BCUT2D eigenvalue weighted by atomic mass is 10.2. The Kier molecular flexibility index (Phi) is 11.5. The highest BCUT2D eigenvalue weighted by molar-refractivity contribution is 4.94. The van der Waals surface area contributed by atoms with E-state index in [0.29, 0.717) is 0 Å². The van der Waals surface area contributed by atoms with E-state index >= 15 is 0 Å². The van der Waals surface area contributed by atoms with Crippen LogP contribution in [0.15, 0.2) is 36.5 Å². The monoisotopic (exact) mass is 191 g/mol. The summed E-state index contributed by atoms with van der Waals surface area (Å²) in [5, 5.41) is 0. The molecule has 0 N–H and O–H groups in total. The summed E-state index contributed by atoms with van der Waals surface area (Å²) < 4.78 is 0. The zero-order valence-corrected chi connectivity index (χ0v) is 9.41. The molecule has 0 aromatic carbocycles. The van der Waals surface area contributed by atoms with Gasteiger partial charge in [0.15, 0.2) is 0 Å². The molecular formula is C14H23. The van der Waals surface area contributed by atoms with Crippen LogP contribution >= 0.6 is 0 Å². The predicted octanol–water partition coefficient (Wildman–Crippen LogP) is 4.85. The van der Waals surface area contributed by atoms with E-state index in [2.05, 4.69) is 50.3 Å². The van der Waals surface area contributed by atoms with Gasteiger partial charge in [0.25, 0.3) is 0 Å². The summed E-state index contributed by atoms with van der Waals surface area (Å²) in [5.74, 6) is 0. The van der Waals surface area contributed by atoms with Gasteiger partial charge >= 0.3 is 0 Å². The third kappa shape index (κ3) is 11.2. The lowest BCUT2D eigenvalue weighted by Gasteiger charge is -1.87. The van der Waals surface area contributed by atoms with Gasteiger partial charge in [-0.3, -0.25) is 0 Å². The summed E-state index contributed by atoms with van der Waals surface area (Å²) in [7, 11) is 0. The van der Waals surface area contributed by atoms with E-state index < -0.39 is 0 Å². The second kappa shape index (κ2) is 12.2. The Morgan fingerprint density at radius 3 is 1.93 bits per heavy atom. The molecule has 0 amide bonds. The molecule has 0 atom stereocenters. The van der Waals surface area contributed by atoms with Crippen LogP contribution in [0.5, 0.6) is 0 Å². The Morgan fingerprint density at radius 1 is 0.786 bits per heavy atom. The van der Waals surface area contributed by atoms with Crippen LogP contribution in [-0.2, 0) is 0 Å². The van der Waals surface area contributed by atoms with Gasteiger partial charge in [0, 0.05) is 0 Å². The molecule has 0 rings (SSSR count). The van der Waals surface area contributed by atoms with Crippen molar-refractivity contribution in [3.8, 4) is 0 Å². The second-order valence-electron chi connectivity index (χ2n) is 3.28. The van der Waals surface area contributed by atoms with Gasteiger partial charge in [0.2, 0.25) is 0 Å². The predicted molar refractivity (Wildman–Crippen MR) is 66.2 cm³/mol. The molecule has 0 nitrogen and oxygen atoms in total. The number of unbranched alkanes of at least 4 members (excludes halogenated alkanes) is 2. The van der Waals surface area contributed by atoms with E-state index in [9.17, 15) is 0 Å². The summed E-state index contributed by atoms with van der Waals surface area (Å²) in [6.07, 6.45) is 20.0. The van der Waals surface area contributed by atoms with Gasteiger partial charge in [-0.1, -0.05) is 50.3 Å². The SMILES string of the molecule is [CH2]CCC=CCC=CCCC=CCC. The lowest BCUT2D eigenvalue weighted by Crippen LogP contribution is -1.66. The molecular weight excluding hydrogens is 168 g/mol. The van der Waals surface area contributed by atoms with Crippen LogP contribution < -0.4 is 0 Å². The molecule has 79 valence electrons. The van der Waals surface area contributed by atoms with Crippen LogP contribution in [0, 0.1) is 6.92 Å². The molecule has 0 spiro atoms. The molecule has 1 radical (unpaired) electrons. The molecule has 0 heteroatoms. The third-order valence-corrected chi connectivity index (χ3v) is 1.88. The van der Waals surface area contributed by atoms with Crippen LogP contribution in [0.25, 0.3) is 0 Å². The zero-order chi connectivity index (χ0) is 10.5. The zero-order valence-electron chi connectivity index (χ0n) is 9.41. The maximum Gasteiger partial charge on any atom is -0.0169 e. The Bertz CT molecular complexity index is 172. The Morgan fingerprint density at radius 2 is 1.36 bits per heavy atom. The third-order valence-electron chi connectivity index (χ3n) is 1.88. The van der Waals surface area contributed by atoms with E-state index in [4.69, 9.17) is 0 Å². The Hall–Kier alpha value is -0.780. The van der Waals surface area contributed by atoms with Gasteiger partial charge in [0.1, 0.15) is 0 Å². The van der Waals surface area contributed by atoms with Crippen molar-refractivity contribution < 1.29 is 0 Å². The molecule has 0 aliphatic heterocycles. The van der Waals surface area contributed by atoms with Gasteiger partial charge in [0.05, 0.1) is 0 Å². The topological polar surface area (TPSA) is 0 Å². The molecule has 0 aliphatic rings. The molecule has 0 saturated carbocycles. The van der Waals surface area contributed by atoms with Crippen molar-refractivity contribution in [1.82, 2.24) is 0 Å². The van der Waals surface area contributed by atoms with Crippen molar-refractivity contribution in [1.29, 1.82) is 0 Å². The van der Waals surface area contributed by atoms with Gasteiger partial charge in [-0.15, -0.1) is 0 Å². The molecule has 0 saturated heterocycles.